The van der Waals surface area contributed by atoms with Gasteiger partial charge in [-0.3, -0.25) is 14.6 Å². The number of likely N-dealkylation sites (tertiary alicyclic amines) is 1. The number of aliphatic hydroxyl groups excluding tert-OH is 1. The molecule has 1 N–H and O–H groups in total. The average molecular weight is 717 g/mol. The number of methoxy groups -OCH3 is 1. The summed E-state index contributed by atoms with van der Waals surface area (Å²) in [6.07, 6.45) is 2.20. The number of nitrogens with zero attached hydrogens (tertiary/aromatic N) is 6. The number of benzene rings is 3. The van der Waals surface area contributed by atoms with E-state index < -0.39 is 33.6 Å². The van der Waals surface area contributed by atoms with Gasteiger partial charge in [-0.1, -0.05) is 30.7 Å². The van der Waals surface area contributed by atoms with Gasteiger partial charge in [-0.25, -0.2) is 17.7 Å². The van der Waals surface area contributed by atoms with Crippen molar-refractivity contribution in [3.05, 3.63) is 106 Å². The third-order valence-electron chi connectivity index (χ3n) is 10.0. The Morgan fingerprint density at radius 1 is 1.06 bits per heavy atom. The lowest BCUT2D eigenvalue weighted by Crippen LogP contribution is -2.55. The van der Waals surface area contributed by atoms with E-state index in [1.807, 2.05) is 24.3 Å². The van der Waals surface area contributed by atoms with E-state index in [-0.39, 0.29) is 40.0 Å². The number of fused-ring (bicyclic) bond motifs is 1. The number of amides is 1. The van der Waals surface area contributed by atoms with E-state index in [1.165, 1.54) is 56.0 Å². The van der Waals surface area contributed by atoms with Gasteiger partial charge in [-0.05, 0) is 67.1 Å². The number of carbonyl (C=O) groups is 1. The molecule has 3 aliphatic heterocycles. The Bertz CT molecular complexity index is 2050. The highest BCUT2D eigenvalue weighted by Gasteiger charge is 2.63. The molecule has 0 radical (unpaired) electrons. The average Bonchev–Trinajstić information content (AvgIpc) is 3.86. The molecule has 0 aliphatic carbocycles. The molecule has 3 aliphatic rings. The summed E-state index contributed by atoms with van der Waals surface area (Å²) in [7, 11) is -3.02. The number of ether oxygens (including phenoxy) is 1. The van der Waals surface area contributed by atoms with Gasteiger partial charge < -0.3 is 19.2 Å². The number of oxazole rings is 1. The van der Waals surface area contributed by atoms with Gasteiger partial charge in [0.05, 0.1) is 47.7 Å². The number of halogens is 1. The van der Waals surface area contributed by atoms with Gasteiger partial charge in [0.15, 0.2) is 5.54 Å². The number of rotatable bonds is 9. The molecule has 4 heterocycles. The molecular weight excluding hydrogens is 680 g/mol. The third kappa shape index (κ3) is 5.66. The van der Waals surface area contributed by atoms with E-state index in [9.17, 15) is 18.8 Å². The minimum Gasteiger partial charge on any atom is -0.496 e. The van der Waals surface area contributed by atoms with Crippen molar-refractivity contribution in [3.8, 4) is 11.8 Å². The van der Waals surface area contributed by atoms with E-state index in [4.69, 9.17) is 20.8 Å². The van der Waals surface area contributed by atoms with Crippen LogP contribution >= 0.6 is 11.6 Å². The van der Waals surface area contributed by atoms with Gasteiger partial charge in [-0.2, -0.15) is 5.26 Å². The smallest absolute Gasteiger partial charge is 0.271 e. The van der Waals surface area contributed by atoms with Crippen LogP contribution in [0.4, 0.5) is 5.69 Å². The Kier molecular flexibility index (Phi) is 9.19. The van der Waals surface area contributed by atoms with Crippen LogP contribution in [-0.4, -0.2) is 91.6 Å². The van der Waals surface area contributed by atoms with Gasteiger partial charge >= 0.3 is 0 Å². The van der Waals surface area contributed by atoms with E-state index in [0.717, 1.165) is 42.6 Å². The number of carbonyl (C=O) groups excluding carboxylic acids is 1. The quantitative estimate of drug-likeness (QED) is 0.267. The Morgan fingerprint density at radius 2 is 1.80 bits per heavy atom. The lowest BCUT2D eigenvalue weighted by atomic mass is 9.80. The Morgan fingerprint density at radius 3 is 2.46 bits per heavy atom. The molecule has 2 saturated heterocycles. The van der Waals surface area contributed by atoms with Crippen molar-refractivity contribution in [2.75, 3.05) is 50.7 Å². The number of hydrogen-bond donors (Lipinski definition) is 1. The minimum absolute atomic E-state index is 0.0118. The van der Waals surface area contributed by atoms with Crippen LogP contribution in [-0.2, 0) is 26.9 Å². The second kappa shape index (κ2) is 13.4. The summed E-state index contributed by atoms with van der Waals surface area (Å²) in [5.41, 5.74) is 0.185. The maximum absolute atomic E-state index is 15.5. The van der Waals surface area contributed by atoms with Gasteiger partial charge in [0, 0.05) is 55.4 Å². The molecular formula is C36H37ClN6O6S. The number of likely N-dealkylation sites (N-methyl/N-ethyl adjacent to an activating group) is 1. The lowest BCUT2D eigenvalue weighted by molar-refractivity contribution is -0.127. The Hall–Kier alpha value is -4.29. The molecule has 3 aromatic carbocycles. The highest BCUT2D eigenvalue weighted by atomic mass is 35.5. The zero-order valence-electron chi connectivity index (χ0n) is 27.7. The van der Waals surface area contributed by atoms with E-state index in [2.05, 4.69) is 21.7 Å². The number of piperazine rings is 1. The second-order valence-electron chi connectivity index (χ2n) is 12.8. The highest BCUT2D eigenvalue weighted by Crippen LogP contribution is 2.56. The molecule has 14 heteroatoms. The van der Waals surface area contributed by atoms with E-state index >= 15 is 4.79 Å². The fraction of sp³-hybridized carbons (Fsp3) is 0.361. The Labute approximate surface area is 296 Å². The molecule has 3 atom stereocenters. The maximum atomic E-state index is 15.5. The maximum Gasteiger partial charge on any atom is 0.271 e. The number of nitriles is 1. The first kappa shape index (κ1) is 34.2. The summed E-state index contributed by atoms with van der Waals surface area (Å²) in [5, 5.41) is 20.8. The molecule has 2 fully saturated rings. The first-order chi connectivity index (χ1) is 24.1. The molecule has 12 nitrogen and oxygen atoms in total. The van der Waals surface area contributed by atoms with Crippen LogP contribution in [0.25, 0.3) is 0 Å². The molecule has 7 rings (SSSR count). The molecule has 0 bridgehead atoms. The topological polar surface area (TPSA) is 143 Å². The largest absolute Gasteiger partial charge is 0.496 e. The van der Waals surface area contributed by atoms with Gasteiger partial charge in [0.1, 0.15) is 12.0 Å². The molecule has 1 amide bonds. The molecule has 1 unspecified atom stereocenters. The van der Waals surface area contributed by atoms with Crippen molar-refractivity contribution in [3.63, 3.8) is 0 Å². The van der Waals surface area contributed by atoms with Crippen LogP contribution in [0.3, 0.4) is 0 Å². The molecule has 50 heavy (non-hydrogen) atoms. The fourth-order valence-electron chi connectivity index (χ4n) is 7.56. The normalized spacial score (nSPS) is 23.3. The Balaban J connectivity index is 1.43. The van der Waals surface area contributed by atoms with Crippen LogP contribution in [0.15, 0.2) is 82.4 Å². The molecule has 0 spiro atoms. The van der Waals surface area contributed by atoms with Crippen LogP contribution in [0.1, 0.15) is 47.5 Å². The van der Waals surface area contributed by atoms with Crippen molar-refractivity contribution in [1.29, 1.82) is 5.26 Å². The fourth-order valence-corrected chi connectivity index (χ4v) is 9.19. The van der Waals surface area contributed by atoms with Crippen molar-refractivity contribution in [2.24, 2.45) is 0 Å². The summed E-state index contributed by atoms with van der Waals surface area (Å²) >= 11 is 6.65. The zero-order chi connectivity index (χ0) is 35.2. The summed E-state index contributed by atoms with van der Waals surface area (Å²) in [6.45, 7) is 7.60. The zero-order valence-corrected chi connectivity index (χ0v) is 29.3. The first-order valence-corrected chi connectivity index (χ1v) is 18.3. The number of hydrogen-bond acceptors (Lipinski definition) is 11. The first-order valence-electron chi connectivity index (χ1n) is 16.5. The lowest BCUT2D eigenvalue weighted by Gasteiger charge is -2.41. The van der Waals surface area contributed by atoms with E-state index in [1.54, 1.807) is 11.0 Å². The molecule has 260 valence electrons. The van der Waals surface area contributed by atoms with E-state index in [0.29, 0.717) is 23.4 Å². The van der Waals surface area contributed by atoms with Gasteiger partial charge in [-0.15, -0.1) is 0 Å². The third-order valence-corrected chi connectivity index (χ3v) is 11.9. The number of anilines is 1. The molecule has 0 saturated carbocycles. The van der Waals surface area contributed by atoms with Crippen LogP contribution in [0, 0.1) is 11.3 Å². The van der Waals surface area contributed by atoms with Crippen molar-refractivity contribution in [2.45, 2.75) is 42.5 Å². The van der Waals surface area contributed by atoms with Crippen molar-refractivity contribution < 1.29 is 27.5 Å². The summed E-state index contributed by atoms with van der Waals surface area (Å²) in [5.74, 6) is -0.154. The summed E-state index contributed by atoms with van der Waals surface area (Å²) in [6, 6.07) is 17.0. The highest BCUT2D eigenvalue weighted by molar-refractivity contribution is 7.93. The summed E-state index contributed by atoms with van der Waals surface area (Å²) in [4.78, 5) is 26.2. The molecule has 1 aromatic heterocycles. The molecule has 4 aromatic rings. The van der Waals surface area contributed by atoms with Crippen molar-refractivity contribution >= 4 is 33.2 Å². The standard InChI is InChI=1S/C36H37ClN6O6S/c1-3-40-13-15-41(16-14-40)22-25-6-10-29(33(18-25)48-2)36(42-23-27(44)20-32(42)34-39-12-17-49-34)30-19-26(37)7-11-31(30)43(35(36)45)50(46,47)28-8-4-24(21-38)5-9-28/h4-12,17-19,27,32,44H,3,13-16,20,22-23H2,1-2H3/t27-,32+,36?/m1/s1. The van der Waals surface area contributed by atoms with Gasteiger partial charge in [0.25, 0.3) is 15.9 Å². The monoisotopic (exact) mass is 716 g/mol. The number of aromatic nitrogens is 1. The number of sulfonamides is 1. The van der Waals surface area contributed by atoms with Crippen LogP contribution in [0.2, 0.25) is 5.02 Å². The minimum atomic E-state index is -4.53. The van der Waals surface area contributed by atoms with Crippen LogP contribution in [0.5, 0.6) is 5.75 Å². The predicted octanol–water partition coefficient (Wildman–Crippen LogP) is 4.13. The SMILES string of the molecule is CCN1CCN(Cc2ccc(C3(N4C[C@H](O)C[C@H]4c4ncco4)C(=O)N(S(=O)(=O)c4ccc(C#N)cc4)c4ccc(Cl)cc43)c(OC)c2)CC1. The number of β-amino-alcohol motifs (C(OH)–C–C–N with tert-alkyl or cyclic N) is 1. The second-order valence-corrected chi connectivity index (χ2v) is 15.0. The summed E-state index contributed by atoms with van der Waals surface area (Å²) < 4.78 is 41.6. The van der Waals surface area contributed by atoms with Crippen LogP contribution < -0.4 is 9.04 Å². The predicted molar refractivity (Wildman–Crippen MR) is 185 cm³/mol. The number of aliphatic hydroxyl groups is 1. The van der Waals surface area contributed by atoms with Crippen molar-refractivity contribution in [1.82, 2.24) is 19.7 Å². The van der Waals surface area contributed by atoms with Gasteiger partial charge in [0.2, 0.25) is 5.89 Å².